The van der Waals surface area contributed by atoms with Crippen LogP contribution in [0.15, 0.2) is 29.3 Å². The van der Waals surface area contributed by atoms with E-state index in [9.17, 15) is 0 Å². The van der Waals surface area contributed by atoms with Crippen molar-refractivity contribution in [3.05, 3.63) is 29.8 Å². The van der Waals surface area contributed by atoms with E-state index in [2.05, 4.69) is 48.5 Å². The monoisotopic (exact) mass is 321 g/mol. The van der Waals surface area contributed by atoms with E-state index in [0.717, 1.165) is 30.3 Å². The topological polar surface area (TPSA) is 54.9 Å². The Morgan fingerprint density at radius 3 is 2.65 bits per heavy atom. The van der Waals surface area contributed by atoms with Crippen molar-refractivity contribution < 1.29 is 9.47 Å². The summed E-state index contributed by atoms with van der Waals surface area (Å²) in [5.74, 6) is 2.26. The van der Waals surface area contributed by atoms with Gasteiger partial charge in [-0.25, -0.2) is 0 Å². The second-order valence-electron chi connectivity index (χ2n) is 5.95. The molecule has 0 aliphatic carbocycles. The molecule has 0 saturated heterocycles. The van der Waals surface area contributed by atoms with Crippen molar-refractivity contribution in [3.63, 3.8) is 0 Å². The molecule has 130 valence electrons. The summed E-state index contributed by atoms with van der Waals surface area (Å²) in [6.45, 7) is 8.63. The van der Waals surface area contributed by atoms with E-state index in [0.29, 0.717) is 25.1 Å². The zero-order valence-corrected chi connectivity index (χ0v) is 15.1. The highest BCUT2D eigenvalue weighted by Gasteiger charge is 2.08. The van der Waals surface area contributed by atoms with Gasteiger partial charge < -0.3 is 20.1 Å². The van der Waals surface area contributed by atoms with E-state index in [4.69, 9.17) is 9.47 Å². The average molecular weight is 321 g/mol. The minimum Gasteiger partial charge on any atom is -0.493 e. The molecular weight excluding hydrogens is 290 g/mol. The SMILES string of the molecule is CN=C(NCc1cccc(OCCCOC)c1)NC(C)C(C)C. The number of nitrogens with one attached hydrogen (secondary N) is 2. The van der Waals surface area contributed by atoms with Gasteiger partial charge in [0.1, 0.15) is 5.75 Å². The number of hydrogen-bond donors (Lipinski definition) is 2. The van der Waals surface area contributed by atoms with Crippen molar-refractivity contribution in [1.29, 1.82) is 0 Å². The van der Waals surface area contributed by atoms with E-state index in [1.54, 1.807) is 14.2 Å². The number of nitrogens with zero attached hydrogens (tertiary/aromatic N) is 1. The molecule has 0 saturated carbocycles. The standard InChI is InChI=1S/C18H31N3O2/c1-14(2)15(3)21-18(19-4)20-13-16-8-6-9-17(12-16)23-11-7-10-22-5/h6,8-9,12,14-15H,7,10-11,13H2,1-5H3,(H2,19,20,21). The van der Waals surface area contributed by atoms with Gasteiger partial charge in [-0.3, -0.25) is 4.99 Å². The molecule has 0 amide bonds. The van der Waals surface area contributed by atoms with Gasteiger partial charge in [0.05, 0.1) is 6.61 Å². The third-order valence-corrected chi connectivity index (χ3v) is 3.71. The molecule has 5 heteroatoms. The molecule has 0 spiro atoms. The van der Waals surface area contributed by atoms with Crippen LogP contribution in [0.1, 0.15) is 32.8 Å². The van der Waals surface area contributed by atoms with Crippen molar-refractivity contribution in [2.75, 3.05) is 27.4 Å². The number of guanidine groups is 1. The van der Waals surface area contributed by atoms with Crippen LogP contribution in [0, 0.1) is 5.92 Å². The number of benzene rings is 1. The lowest BCUT2D eigenvalue weighted by atomic mass is 10.1. The molecular formula is C18H31N3O2. The quantitative estimate of drug-likeness (QED) is 0.417. The molecule has 1 atom stereocenters. The van der Waals surface area contributed by atoms with E-state index < -0.39 is 0 Å². The molecule has 0 fully saturated rings. The molecule has 0 radical (unpaired) electrons. The summed E-state index contributed by atoms with van der Waals surface area (Å²) in [7, 11) is 3.49. The molecule has 0 aliphatic heterocycles. The fraction of sp³-hybridized carbons (Fsp3) is 0.611. The van der Waals surface area contributed by atoms with Gasteiger partial charge in [-0.15, -0.1) is 0 Å². The smallest absolute Gasteiger partial charge is 0.191 e. The van der Waals surface area contributed by atoms with Crippen LogP contribution in [0.25, 0.3) is 0 Å². The van der Waals surface area contributed by atoms with Crippen molar-refractivity contribution in [1.82, 2.24) is 10.6 Å². The van der Waals surface area contributed by atoms with Crippen LogP contribution in [-0.2, 0) is 11.3 Å². The normalized spacial score (nSPS) is 13.0. The van der Waals surface area contributed by atoms with Crippen molar-refractivity contribution >= 4 is 5.96 Å². The Morgan fingerprint density at radius 2 is 2.00 bits per heavy atom. The predicted octanol–water partition coefficient (Wildman–Crippen LogP) is 2.81. The minimum atomic E-state index is 0.372. The fourth-order valence-electron chi connectivity index (χ4n) is 1.90. The number of rotatable bonds is 9. The van der Waals surface area contributed by atoms with Crippen molar-refractivity contribution in [2.45, 2.75) is 39.8 Å². The zero-order valence-electron chi connectivity index (χ0n) is 15.1. The van der Waals surface area contributed by atoms with Gasteiger partial charge in [-0.2, -0.15) is 0 Å². The van der Waals surface area contributed by atoms with Crippen LogP contribution in [-0.4, -0.2) is 39.4 Å². The molecule has 0 bridgehead atoms. The summed E-state index contributed by atoms with van der Waals surface area (Å²) < 4.78 is 10.7. The molecule has 1 aromatic rings. The van der Waals surface area contributed by atoms with Crippen molar-refractivity contribution in [2.24, 2.45) is 10.9 Å². The maximum Gasteiger partial charge on any atom is 0.191 e. The molecule has 23 heavy (non-hydrogen) atoms. The number of ether oxygens (including phenoxy) is 2. The first-order valence-electron chi connectivity index (χ1n) is 8.24. The molecule has 0 aromatic heterocycles. The van der Waals surface area contributed by atoms with Crippen LogP contribution in [0.3, 0.4) is 0 Å². The molecule has 1 aromatic carbocycles. The third-order valence-electron chi connectivity index (χ3n) is 3.71. The van der Waals surface area contributed by atoms with Crippen LogP contribution >= 0.6 is 0 Å². The predicted molar refractivity (Wildman–Crippen MR) is 96.1 cm³/mol. The van der Waals surface area contributed by atoms with Gasteiger partial charge >= 0.3 is 0 Å². The summed E-state index contributed by atoms with van der Waals surface area (Å²) in [6, 6.07) is 8.49. The van der Waals surface area contributed by atoms with Crippen LogP contribution in [0.2, 0.25) is 0 Å². The maximum absolute atomic E-state index is 5.72. The molecule has 0 heterocycles. The zero-order chi connectivity index (χ0) is 17.1. The van der Waals surface area contributed by atoms with E-state index >= 15 is 0 Å². The Kier molecular flexibility index (Phi) is 9.14. The Balaban J connectivity index is 2.47. The first-order valence-corrected chi connectivity index (χ1v) is 8.24. The summed E-state index contributed by atoms with van der Waals surface area (Å²) in [5.41, 5.74) is 1.16. The van der Waals surface area contributed by atoms with Gasteiger partial charge in [0, 0.05) is 39.8 Å². The lowest BCUT2D eigenvalue weighted by molar-refractivity contribution is 0.172. The second-order valence-corrected chi connectivity index (χ2v) is 5.95. The van der Waals surface area contributed by atoms with Gasteiger partial charge in [-0.1, -0.05) is 26.0 Å². The summed E-state index contributed by atoms with van der Waals surface area (Å²) in [6.07, 6.45) is 0.891. The van der Waals surface area contributed by atoms with Gasteiger partial charge in [0.15, 0.2) is 5.96 Å². The number of hydrogen-bond acceptors (Lipinski definition) is 3. The van der Waals surface area contributed by atoms with Crippen LogP contribution < -0.4 is 15.4 Å². The lowest BCUT2D eigenvalue weighted by Gasteiger charge is -2.20. The highest BCUT2D eigenvalue weighted by Crippen LogP contribution is 2.13. The maximum atomic E-state index is 5.72. The number of aliphatic imine (C=N–C) groups is 1. The summed E-state index contributed by atoms with van der Waals surface area (Å²) in [4.78, 5) is 4.27. The van der Waals surface area contributed by atoms with Gasteiger partial charge in [-0.05, 0) is 30.5 Å². The molecule has 5 nitrogen and oxygen atoms in total. The highest BCUT2D eigenvalue weighted by molar-refractivity contribution is 5.79. The first-order chi connectivity index (χ1) is 11.1. The van der Waals surface area contributed by atoms with E-state index in [1.807, 2.05) is 12.1 Å². The largest absolute Gasteiger partial charge is 0.493 e. The highest BCUT2D eigenvalue weighted by atomic mass is 16.5. The molecule has 2 N–H and O–H groups in total. The Hall–Kier alpha value is -1.75. The van der Waals surface area contributed by atoms with Crippen molar-refractivity contribution in [3.8, 4) is 5.75 Å². The Morgan fingerprint density at radius 1 is 1.22 bits per heavy atom. The molecule has 1 unspecified atom stereocenters. The first kappa shape index (κ1) is 19.3. The van der Waals surface area contributed by atoms with Gasteiger partial charge in [0.2, 0.25) is 0 Å². The Labute approximate surface area is 140 Å². The lowest BCUT2D eigenvalue weighted by Crippen LogP contribution is -2.43. The van der Waals surface area contributed by atoms with E-state index in [1.165, 1.54) is 0 Å². The van der Waals surface area contributed by atoms with E-state index in [-0.39, 0.29) is 0 Å². The van der Waals surface area contributed by atoms with Crippen LogP contribution in [0.5, 0.6) is 5.75 Å². The molecule has 0 aliphatic rings. The average Bonchev–Trinajstić information content (AvgIpc) is 2.55. The summed E-state index contributed by atoms with van der Waals surface area (Å²) >= 11 is 0. The fourth-order valence-corrected chi connectivity index (χ4v) is 1.90. The molecule has 1 rings (SSSR count). The third kappa shape index (κ3) is 7.88. The Bertz CT molecular complexity index is 475. The van der Waals surface area contributed by atoms with Crippen LogP contribution in [0.4, 0.5) is 0 Å². The second kappa shape index (κ2) is 10.9. The van der Waals surface area contributed by atoms with Gasteiger partial charge in [0.25, 0.3) is 0 Å². The summed E-state index contributed by atoms with van der Waals surface area (Å²) in [5, 5.41) is 6.73. The minimum absolute atomic E-state index is 0.372. The number of methoxy groups -OCH3 is 1.